The van der Waals surface area contributed by atoms with Crippen LogP contribution < -0.4 is 15.8 Å². The average molecular weight is 292 g/mol. The minimum atomic E-state index is -0.112. The topological polar surface area (TPSA) is 70.8 Å². The number of piperazine rings is 1. The fourth-order valence-electron chi connectivity index (χ4n) is 2.36. The smallest absolute Gasteiger partial charge is 0.257 e. The van der Waals surface area contributed by atoms with E-state index < -0.39 is 0 Å². The molecule has 1 aromatic carbocycles. The minimum absolute atomic E-state index is 0.00965. The van der Waals surface area contributed by atoms with E-state index in [0.717, 1.165) is 19.6 Å². The fourth-order valence-corrected chi connectivity index (χ4v) is 2.36. The Morgan fingerprint density at radius 3 is 3.00 bits per heavy atom. The normalized spacial score (nSPS) is 20.2. The maximum absolute atomic E-state index is 11.8. The number of hydrogen-bond acceptors (Lipinski definition) is 5. The summed E-state index contributed by atoms with van der Waals surface area (Å²) >= 11 is 0. The number of carbonyl (C=O) groups excluding carboxylic acids is 1. The highest BCUT2D eigenvalue weighted by Crippen LogP contribution is 2.14. The van der Waals surface area contributed by atoms with Gasteiger partial charge < -0.3 is 20.7 Å². The molecule has 0 saturated carbocycles. The van der Waals surface area contributed by atoms with Crippen molar-refractivity contribution in [2.75, 3.05) is 52.6 Å². The van der Waals surface area contributed by atoms with Crippen LogP contribution in [-0.2, 0) is 4.79 Å². The van der Waals surface area contributed by atoms with E-state index in [-0.39, 0.29) is 12.5 Å². The predicted octanol–water partition coefficient (Wildman–Crippen LogP) is 0.00960. The lowest BCUT2D eigenvalue weighted by atomic mass is 10.2. The van der Waals surface area contributed by atoms with Crippen LogP contribution in [0, 0.1) is 0 Å². The number of rotatable bonds is 5. The van der Waals surface area contributed by atoms with Crippen LogP contribution in [0.3, 0.4) is 0 Å². The number of hydrogen-bond donors (Lipinski definition) is 2. The Kier molecular flexibility index (Phi) is 5.41. The Hall–Kier alpha value is -1.79. The van der Waals surface area contributed by atoms with Gasteiger partial charge in [-0.3, -0.25) is 9.69 Å². The van der Waals surface area contributed by atoms with Crippen molar-refractivity contribution in [2.24, 2.45) is 0 Å². The van der Waals surface area contributed by atoms with E-state index >= 15 is 0 Å². The largest absolute Gasteiger partial charge is 0.484 e. The number of nitrogens with one attached hydrogen (secondary N) is 1. The molecular weight excluding hydrogens is 268 g/mol. The first kappa shape index (κ1) is 15.6. The van der Waals surface area contributed by atoms with Crippen molar-refractivity contribution in [1.82, 2.24) is 15.1 Å². The maximum atomic E-state index is 11.8. The van der Waals surface area contributed by atoms with Crippen molar-refractivity contribution in [3.8, 4) is 5.75 Å². The second-order valence-corrected chi connectivity index (χ2v) is 5.56. The number of anilines is 1. The van der Waals surface area contributed by atoms with Gasteiger partial charge in [-0.05, 0) is 26.2 Å². The van der Waals surface area contributed by atoms with Crippen LogP contribution in [-0.4, -0.2) is 68.6 Å². The van der Waals surface area contributed by atoms with Gasteiger partial charge in [-0.15, -0.1) is 0 Å². The summed E-state index contributed by atoms with van der Waals surface area (Å²) in [4.78, 5) is 16.4. The molecular formula is C15H24N4O2. The van der Waals surface area contributed by atoms with Crippen LogP contribution in [0.25, 0.3) is 0 Å². The van der Waals surface area contributed by atoms with Crippen molar-refractivity contribution in [2.45, 2.75) is 6.04 Å². The van der Waals surface area contributed by atoms with E-state index in [0.29, 0.717) is 24.0 Å². The van der Waals surface area contributed by atoms with Gasteiger partial charge in [0.25, 0.3) is 5.91 Å². The number of nitrogens with zero attached hydrogens (tertiary/aromatic N) is 2. The van der Waals surface area contributed by atoms with Gasteiger partial charge in [-0.25, -0.2) is 0 Å². The van der Waals surface area contributed by atoms with E-state index in [4.69, 9.17) is 10.5 Å². The number of ether oxygens (including phenoxy) is 1. The predicted molar refractivity (Wildman–Crippen MR) is 83.3 cm³/mol. The van der Waals surface area contributed by atoms with Crippen molar-refractivity contribution >= 4 is 11.6 Å². The molecule has 1 amide bonds. The molecule has 0 aliphatic carbocycles. The Balaban J connectivity index is 1.72. The summed E-state index contributed by atoms with van der Waals surface area (Å²) in [5.74, 6) is 0.499. The first-order valence-electron chi connectivity index (χ1n) is 7.18. The fraction of sp³-hybridized carbons (Fsp3) is 0.533. The van der Waals surface area contributed by atoms with Gasteiger partial charge in [-0.1, -0.05) is 6.07 Å². The molecule has 0 spiro atoms. The summed E-state index contributed by atoms with van der Waals surface area (Å²) < 4.78 is 5.42. The molecule has 1 aliphatic heterocycles. The third-order valence-corrected chi connectivity index (χ3v) is 3.74. The summed E-state index contributed by atoms with van der Waals surface area (Å²) in [5, 5.41) is 2.92. The van der Waals surface area contributed by atoms with E-state index in [1.54, 1.807) is 24.3 Å². The van der Waals surface area contributed by atoms with Gasteiger partial charge in [-0.2, -0.15) is 0 Å². The Bertz CT molecular complexity index is 480. The molecule has 1 aromatic rings. The quantitative estimate of drug-likeness (QED) is 0.748. The highest BCUT2D eigenvalue weighted by Gasteiger charge is 2.22. The SMILES string of the molecule is CN1CCN(C)C(CNC(=O)COc2cccc(N)c2)C1. The van der Waals surface area contributed by atoms with Crippen LogP contribution in [0.4, 0.5) is 5.69 Å². The van der Waals surface area contributed by atoms with Gasteiger partial charge in [0, 0.05) is 44.0 Å². The Morgan fingerprint density at radius 2 is 2.24 bits per heavy atom. The van der Waals surface area contributed by atoms with Gasteiger partial charge in [0.15, 0.2) is 6.61 Å². The van der Waals surface area contributed by atoms with Gasteiger partial charge in [0.1, 0.15) is 5.75 Å². The molecule has 116 valence electrons. The summed E-state index contributed by atoms with van der Waals surface area (Å²) in [6.07, 6.45) is 0. The summed E-state index contributed by atoms with van der Waals surface area (Å²) in [7, 11) is 4.19. The molecule has 6 heteroatoms. The number of carbonyl (C=O) groups is 1. The maximum Gasteiger partial charge on any atom is 0.257 e. The van der Waals surface area contributed by atoms with Crippen LogP contribution >= 0.6 is 0 Å². The molecule has 1 aliphatic rings. The monoisotopic (exact) mass is 292 g/mol. The third-order valence-electron chi connectivity index (χ3n) is 3.74. The lowest BCUT2D eigenvalue weighted by molar-refractivity contribution is -0.123. The molecule has 2 rings (SSSR count). The second kappa shape index (κ2) is 7.28. The molecule has 1 saturated heterocycles. The molecule has 0 bridgehead atoms. The highest BCUT2D eigenvalue weighted by molar-refractivity contribution is 5.77. The Labute approximate surface area is 125 Å². The lowest BCUT2D eigenvalue weighted by Gasteiger charge is -2.37. The second-order valence-electron chi connectivity index (χ2n) is 5.56. The van der Waals surface area contributed by atoms with E-state index in [1.165, 1.54) is 0 Å². The zero-order valence-electron chi connectivity index (χ0n) is 12.7. The number of benzene rings is 1. The van der Waals surface area contributed by atoms with Crippen molar-refractivity contribution in [1.29, 1.82) is 0 Å². The first-order valence-corrected chi connectivity index (χ1v) is 7.18. The van der Waals surface area contributed by atoms with Gasteiger partial charge in [0.2, 0.25) is 0 Å². The van der Waals surface area contributed by atoms with Gasteiger partial charge in [0.05, 0.1) is 0 Å². The molecule has 1 unspecified atom stereocenters. The van der Waals surface area contributed by atoms with Crippen molar-refractivity contribution < 1.29 is 9.53 Å². The molecule has 3 N–H and O–H groups in total. The van der Waals surface area contributed by atoms with Crippen LogP contribution in [0.1, 0.15) is 0 Å². The lowest BCUT2D eigenvalue weighted by Crippen LogP contribution is -2.54. The zero-order chi connectivity index (χ0) is 15.2. The van der Waals surface area contributed by atoms with E-state index in [1.807, 2.05) is 0 Å². The molecule has 1 fully saturated rings. The number of amides is 1. The van der Waals surface area contributed by atoms with Crippen LogP contribution in [0.15, 0.2) is 24.3 Å². The Morgan fingerprint density at radius 1 is 1.43 bits per heavy atom. The van der Waals surface area contributed by atoms with Crippen molar-refractivity contribution in [3.05, 3.63) is 24.3 Å². The number of likely N-dealkylation sites (N-methyl/N-ethyl adjacent to an activating group) is 2. The molecule has 1 atom stereocenters. The first-order chi connectivity index (χ1) is 10.0. The number of nitrogens with two attached hydrogens (primary N) is 1. The van der Waals surface area contributed by atoms with Crippen molar-refractivity contribution in [3.63, 3.8) is 0 Å². The molecule has 0 aromatic heterocycles. The summed E-state index contributed by atoms with van der Waals surface area (Å²) in [6.45, 7) is 3.71. The van der Waals surface area contributed by atoms with Crippen LogP contribution in [0.2, 0.25) is 0 Å². The molecule has 0 radical (unpaired) electrons. The van der Waals surface area contributed by atoms with Gasteiger partial charge >= 0.3 is 0 Å². The minimum Gasteiger partial charge on any atom is -0.484 e. The number of nitrogen functional groups attached to an aromatic ring is 1. The average Bonchev–Trinajstić information content (AvgIpc) is 2.46. The molecule has 6 nitrogen and oxygen atoms in total. The molecule has 1 heterocycles. The van der Waals surface area contributed by atoms with E-state index in [2.05, 4.69) is 29.2 Å². The summed E-state index contributed by atoms with van der Waals surface area (Å²) in [5.41, 5.74) is 6.28. The van der Waals surface area contributed by atoms with Crippen LogP contribution in [0.5, 0.6) is 5.75 Å². The third kappa shape index (κ3) is 4.91. The molecule has 21 heavy (non-hydrogen) atoms. The summed E-state index contributed by atoms with van der Waals surface area (Å²) in [6, 6.07) is 7.42. The zero-order valence-corrected chi connectivity index (χ0v) is 12.7. The van der Waals surface area contributed by atoms with E-state index in [9.17, 15) is 4.79 Å². The highest BCUT2D eigenvalue weighted by atomic mass is 16.5. The standard InChI is InChI=1S/C15H24N4O2/c1-18-6-7-19(2)13(10-18)9-17-15(20)11-21-14-5-3-4-12(16)8-14/h3-5,8,13H,6-7,9-11,16H2,1-2H3,(H,17,20).